The zero-order chi connectivity index (χ0) is 11.5. The molecule has 16 heavy (non-hydrogen) atoms. The summed E-state index contributed by atoms with van der Waals surface area (Å²) in [4.78, 5) is 0. The van der Waals surface area contributed by atoms with Gasteiger partial charge in [-0.15, -0.1) is 0 Å². The van der Waals surface area contributed by atoms with Crippen molar-refractivity contribution in [1.82, 2.24) is 0 Å². The van der Waals surface area contributed by atoms with Crippen molar-refractivity contribution >= 4 is 10.8 Å². The Morgan fingerprint density at radius 2 is 2.06 bits per heavy atom. The molecule has 2 nitrogen and oxygen atoms in total. The molecule has 0 unspecified atom stereocenters. The molecular weight excluding hydrogens is 198 g/mol. The molecule has 0 radical (unpaired) electrons. The Bertz CT molecular complexity index is 491. The maximum atomic E-state index is 5.85. The lowest BCUT2D eigenvalue weighted by atomic mass is 9.99. The standard InChI is InChI=1S/C14H17NO/c1-10(15)8-12-5-3-4-11-6-7-13(16-2)9-14(11)12/h3-7,9-10H,8,15H2,1-2H3/t10-/m1/s1. The second-order valence-corrected chi connectivity index (χ2v) is 4.19. The molecule has 0 fully saturated rings. The van der Waals surface area contributed by atoms with Crippen molar-refractivity contribution < 1.29 is 4.74 Å². The van der Waals surface area contributed by atoms with Gasteiger partial charge in [-0.1, -0.05) is 24.3 Å². The van der Waals surface area contributed by atoms with Crippen molar-refractivity contribution in [1.29, 1.82) is 0 Å². The predicted octanol–water partition coefficient (Wildman–Crippen LogP) is 2.74. The summed E-state index contributed by atoms with van der Waals surface area (Å²) in [5.41, 5.74) is 7.14. The maximum Gasteiger partial charge on any atom is 0.119 e. The summed E-state index contributed by atoms with van der Waals surface area (Å²) >= 11 is 0. The van der Waals surface area contributed by atoms with Gasteiger partial charge < -0.3 is 10.5 Å². The first-order chi connectivity index (χ1) is 7.70. The molecule has 0 aliphatic rings. The van der Waals surface area contributed by atoms with Crippen LogP contribution in [0.2, 0.25) is 0 Å². The number of benzene rings is 2. The monoisotopic (exact) mass is 215 g/mol. The van der Waals surface area contributed by atoms with Crippen molar-refractivity contribution in [3.05, 3.63) is 42.0 Å². The highest BCUT2D eigenvalue weighted by atomic mass is 16.5. The Hall–Kier alpha value is -1.54. The van der Waals surface area contributed by atoms with Crippen LogP contribution in [0.15, 0.2) is 36.4 Å². The molecule has 84 valence electrons. The Morgan fingerprint density at radius 3 is 2.75 bits per heavy atom. The number of ether oxygens (including phenoxy) is 1. The molecule has 0 amide bonds. The van der Waals surface area contributed by atoms with E-state index in [0.29, 0.717) is 0 Å². The summed E-state index contributed by atoms with van der Waals surface area (Å²) in [6, 6.07) is 12.6. The second kappa shape index (κ2) is 4.54. The van der Waals surface area contributed by atoms with Gasteiger partial charge in [-0.05, 0) is 41.8 Å². The first-order valence-electron chi connectivity index (χ1n) is 5.52. The number of hydrogen-bond acceptors (Lipinski definition) is 2. The SMILES string of the molecule is COc1ccc2cccc(C[C@@H](C)N)c2c1. The average molecular weight is 215 g/mol. The summed E-state index contributed by atoms with van der Waals surface area (Å²) in [6.07, 6.45) is 0.893. The van der Waals surface area contributed by atoms with Crippen molar-refractivity contribution in [2.24, 2.45) is 5.73 Å². The van der Waals surface area contributed by atoms with Crippen molar-refractivity contribution in [2.75, 3.05) is 7.11 Å². The van der Waals surface area contributed by atoms with E-state index in [0.717, 1.165) is 12.2 Å². The first-order valence-corrected chi connectivity index (χ1v) is 5.52. The largest absolute Gasteiger partial charge is 0.497 e. The summed E-state index contributed by atoms with van der Waals surface area (Å²) in [5.74, 6) is 0.893. The predicted molar refractivity (Wildman–Crippen MR) is 67.9 cm³/mol. The molecule has 2 heteroatoms. The van der Waals surface area contributed by atoms with Gasteiger partial charge in [-0.2, -0.15) is 0 Å². The van der Waals surface area contributed by atoms with Gasteiger partial charge >= 0.3 is 0 Å². The van der Waals surface area contributed by atoms with Crippen LogP contribution >= 0.6 is 0 Å². The van der Waals surface area contributed by atoms with Crippen LogP contribution in [0.4, 0.5) is 0 Å². The van der Waals surface area contributed by atoms with E-state index < -0.39 is 0 Å². The quantitative estimate of drug-likeness (QED) is 0.854. The molecule has 0 aromatic heterocycles. The third kappa shape index (κ3) is 2.17. The third-order valence-electron chi connectivity index (χ3n) is 2.72. The van der Waals surface area contributed by atoms with E-state index >= 15 is 0 Å². The number of methoxy groups -OCH3 is 1. The molecule has 2 aromatic rings. The van der Waals surface area contributed by atoms with E-state index in [1.54, 1.807) is 7.11 Å². The summed E-state index contributed by atoms with van der Waals surface area (Å²) < 4.78 is 5.25. The lowest BCUT2D eigenvalue weighted by Crippen LogP contribution is -2.17. The normalized spacial score (nSPS) is 12.7. The van der Waals surface area contributed by atoms with E-state index in [9.17, 15) is 0 Å². The van der Waals surface area contributed by atoms with Gasteiger partial charge in [-0.3, -0.25) is 0 Å². The maximum absolute atomic E-state index is 5.85. The molecule has 2 aromatic carbocycles. The third-order valence-corrected chi connectivity index (χ3v) is 2.72. The van der Waals surface area contributed by atoms with E-state index in [1.165, 1.54) is 16.3 Å². The van der Waals surface area contributed by atoms with Crippen LogP contribution in [0.3, 0.4) is 0 Å². The van der Waals surface area contributed by atoms with Crippen LogP contribution in [0.25, 0.3) is 10.8 Å². The van der Waals surface area contributed by atoms with Gasteiger partial charge in [0.1, 0.15) is 5.75 Å². The van der Waals surface area contributed by atoms with E-state index in [-0.39, 0.29) is 6.04 Å². The molecular formula is C14H17NO. The highest BCUT2D eigenvalue weighted by Crippen LogP contribution is 2.24. The van der Waals surface area contributed by atoms with Gasteiger partial charge in [0.25, 0.3) is 0 Å². The lowest BCUT2D eigenvalue weighted by molar-refractivity contribution is 0.415. The average Bonchev–Trinajstić information content (AvgIpc) is 2.28. The fourth-order valence-corrected chi connectivity index (χ4v) is 1.97. The van der Waals surface area contributed by atoms with Crippen molar-refractivity contribution in [3.63, 3.8) is 0 Å². The zero-order valence-electron chi connectivity index (χ0n) is 9.73. The van der Waals surface area contributed by atoms with Crippen molar-refractivity contribution in [3.8, 4) is 5.75 Å². The summed E-state index contributed by atoms with van der Waals surface area (Å²) in [7, 11) is 1.69. The first kappa shape index (κ1) is 11.0. The molecule has 0 aliphatic carbocycles. The molecule has 0 spiro atoms. The molecule has 0 saturated carbocycles. The molecule has 2 rings (SSSR count). The van der Waals surface area contributed by atoms with E-state index in [1.807, 2.05) is 13.0 Å². The topological polar surface area (TPSA) is 35.2 Å². The second-order valence-electron chi connectivity index (χ2n) is 4.19. The van der Waals surface area contributed by atoms with Gasteiger partial charge in [0.15, 0.2) is 0 Å². The minimum atomic E-state index is 0.178. The summed E-state index contributed by atoms with van der Waals surface area (Å²) in [6.45, 7) is 2.03. The Kier molecular flexibility index (Phi) is 3.11. The Labute approximate surface area is 96.0 Å². The van der Waals surface area contributed by atoms with Crippen LogP contribution in [-0.4, -0.2) is 13.2 Å². The fraction of sp³-hybridized carbons (Fsp3) is 0.286. The highest BCUT2D eigenvalue weighted by molar-refractivity contribution is 5.87. The van der Waals surface area contributed by atoms with Crippen LogP contribution in [0.1, 0.15) is 12.5 Å². The van der Waals surface area contributed by atoms with Crippen LogP contribution in [0, 0.1) is 0 Å². The van der Waals surface area contributed by atoms with Crippen LogP contribution < -0.4 is 10.5 Å². The molecule has 0 bridgehead atoms. The highest BCUT2D eigenvalue weighted by Gasteiger charge is 2.04. The Balaban J connectivity index is 2.55. The van der Waals surface area contributed by atoms with Gasteiger partial charge in [0, 0.05) is 6.04 Å². The van der Waals surface area contributed by atoms with Crippen LogP contribution in [-0.2, 0) is 6.42 Å². The molecule has 1 atom stereocenters. The minimum absolute atomic E-state index is 0.178. The van der Waals surface area contributed by atoms with Crippen LogP contribution in [0.5, 0.6) is 5.75 Å². The van der Waals surface area contributed by atoms with E-state index in [4.69, 9.17) is 10.5 Å². The van der Waals surface area contributed by atoms with Gasteiger partial charge in [0.05, 0.1) is 7.11 Å². The summed E-state index contributed by atoms with van der Waals surface area (Å²) in [5, 5.41) is 2.47. The molecule has 0 saturated heterocycles. The molecule has 0 aliphatic heterocycles. The Morgan fingerprint density at radius 1 is 1.25 bits per heavy atom. The number of nitrogens with two attached hydrogens (primary N) is 1. The fourth-order valence-electron chi connectivity index (χ4n) is 1.97. The number of rotatable bonds is 3. The number of hydrogen-bond donors (Lipinski definition) is 1. The van der Waals surface area contributed by atoms with E-state index in [2.05, 4.69) is 30.3 Å². The van der Waals surface area contributed by atoms with Gasteiger partial charge in [0.2, 0.25) is 0 Å². The zero-order valence-corrected chi connectivity index (χ0v) is 9.73. The molecule has 2 N–H and O–H groups in total. The van der Waals surface area contributed by atoms with Crippen molar-refractivity contribution in [2.45, 2.75) is 19.4 Å². The molecule has 0 heterocycles. The lowest BCUT2D eigenvalue weighted by Gasteiger charge is -2.10. The number of fused-ring (bicyclic) bond motifs is 1. The van der Waals surface area contributed by atoms with Gasteiger partial charge in [-0.25, -0.2) is 0 Å². The smallest absolute Gasteiger partial charge is 0.119 e. The minimum Gasteiger partial charge on any atom is -0.497 e.